The van der Waals surface area contributed by atoms with E-state index in [4.69, 9.17) is 5.73 Å². The van der Waals surface area contributed by atoms with Gasteiger partial charge < -0.3 is 5.73 Å². The Bertz CT molecular complexity index is 568. The number of aromatic nitrogens is 4. The molecule has 0 saturated heterocycles. The SMILES string of the molecule is Cc1c(N)cccc1-c1nnnn1C1(C)CC1. The Morgan fingerprint density at radius 1 is 1.35 bits per heavy atom. The van der Waals surface area contributed by atoms with Gasteiger partial charge in [-0.25, -0.2) is 4.68 Å². The molecule has 0 atom stereocenters. The second-order valence-corrected chi connectivity index (χ2v) is 4.93. The van der Waals surface area contributed by atoms with Gasteiger partial charge in [-0.2, -0.15) is 0 Å². The lowest BCUT2D eigenvalue weighted by Crippen LogP contribution is -2.16. The molecule has 1 aliphatic carbocycles. The van der Waals surface area contributed by atoms with Crippen LogP contribution in [0, 0.1) is 6.92 Å². The smallest absolute Gasteiger partial charge is 0.182 e. The Morgan fingerprint density at radius 2 is 2.12 bits per heavy atom. The second-order valence-electron chi connectivity index (χ2n) is 4.93. The molecule has 88 valence electrons. The third kappa shape index (κ3) is 1.50. The van der Waals surface area contributed by atoms with E-state index in [0.717, 1.165) is 35.5 Å². The quantitative estimate of drug-likeness (QED) is 0.796. The maximum absolute atomic E-state index is 5.92. The number of hydrogen-bond donors (Lipinski definition) is 1. The van der Waals surface area contributed by atoms with Crippen LogP contribution >= 0.6 is 0 Å². The van der Waals surface area contributed by atoms with Crippen molar-refractivity contribution in [2.45, 2.75) is 32.2 Å². The van der Waals surface area contributed by atoms with Crippen molar-refractivity contribution < 1.29 is 0 Å². The van der Waals surface area contributed by atoms with E-state index in [1.165, 1.54) is 0 Å². The summed E-state index contributed by atoms with van der Waals surface area (Å²) in [5.41, 5.74) is 8.84. The summed E-state index contributed by atoms with van der Waals surface area (Å²) in [4.78, 5) is 0. The first-order chi connectivity index (χ1) is 8.12. The van der Waals surface area contributed by atoms with Gasteiger partial charge in [0.15, 0.2) is 5.82 Å². The molecule has 1 aromatic heterocycles. The van der Waals surface area contributed by atoms with Gasteiger partial charge in [0.25, 0.3) is 0 Å². The van der Waals surface area contributed by atoms with E-state index >= 15 is 0 Å². The number of nitrogens with zero attached hydrogens (tertiary/aromatic N) is 4. The summed E-state index contributed by atoms with van der Waals surface area (Å²) in [7, 11) is 0. The normalized spacial score (nSPS) is 17.1. The Labute approximate surface area is 99.6 Å². The molecule has 0 bridgehead atoms. The van der Waals surface area contributed by atoms with Crippen LogP contribution in [0.2, 0.25) is 0 Å². The monoisotopic (exact) mass is 229 g/mol. The molecule has 0 spiro atoms. The van der Waals surface area contributed by atoms with Crippen LogP contribution in [0.1, 0.15) is 25.3 Å². The number of tetrazole rings is 1. The summed E-state index contributed by atoms with van der Waals surface area (Å²) >= 11 is 0. The van der Waals surface area contributed by atoms with Gasteiger partial charge in [0.2, 0.25) is 0 Å². The van der Waals surface area contributed by atoms with Crippen LogP contribution in [-0.4, -0.2) is 20.2 Å². The maximum Gasteiger partial charge on any atom is 0.182 e. The fourth-order valence-corrected chi connectivity index (χ4v) is 2.01. The molecule has 1 heterocycles. The summed E-state index contributed by atoms with van der Waals surface area (Å²) in [5, 5.41) is 12.1. The highest BCUT2D eigenvalue weighted by Gasteiger charge is 2.42. The summed E-state index contributed by atoms with van der Waals surface area (Å²) in [6.07, 6.45) is 2.26. The van der Waals surface area contributed by atoms with Crippen molar-refractivity contribution in [2.24, 2.45) is 0 Å². The molecule has 1 saturated carbocycles. The van der Waals surface area contributed by atoms with Crippen molar-refractivity contribution >= 4 is 5.69 Å². The molecule has 0 unspecified atom stereocenters. The minimum atomic E-state index is 0.0931. The first-order valence-corrected chi connectivity index (χ1v) is 5.76. The molecule has 0 amide bonds. The van der Waals surface area contributed by atoms with Crippen LogP contribution in [0.3, 0.4) is 0 Å². The van der Waals surface area contributed by atoms with E-state index in [0.29, 0.717) is 0 Å². The molecule has 2 N–H and O–H groups in total. The molecule has 2 aromatic rings. The van der Waals surface area contributed by atoms with Gasteiger partial charge in [0, 0.05) is 11.3 Å². The van der Waals surface area contributed by atoms with E-state index < -0.39 is 0 Å². The molecule has 5 nitrogen and oxygen atoms in total. The molecule has 0 radical (unpaired) electrons. The van der Waals surface area contributed by atoms with Crippen LogP contribution in [0.25, 0.3) is 11.4 Å². The molecular weight excluding hydrogens is 214 g/mol. The van der Waals surface area contributed by atoms with Crippen molar-refractivity contribution in [2.75, 3.05) is 5.73 Å². The average molecular weight is 229 g/mol. The molecule has 3 rings (SSSR count). The van der Waals surface area contributed by atoms with Crippen molar-refractivity contribution in [1.29, 1.82) is 0 Å². The van der Waals surface area contributed by atoms with E-state index in [1.807, 2.05) is 29.8 Å². The number of benzene rings is 1. The van der Waals surface area contributed by atoms with Crippen molar-refractivity contribution in [3.63, 3.8) is 0 Å². The predicted molar refractivity (Wildman–Crippen MR) is 65.3 cm³/mol. The topological polar surface area (TPSA) is 69.6 Å². The van der Waals surface area contributed by atoms with Gasteiger partial charge in [-0.3, -0.25) is 0 Å². The van der Waals surface area contributed by atoms with Gasteiger partial charge in [0.05, 0.1) is 5.54 Å². The minimum absolute atomic E-state index is 0.0931. The van der Waals surface area contributed by atoms with Crippen molar-refractivity contribution in [3.05, 3.63) is 23.8 Å². The van der Waals surface area contributed by atoms with Crippen LogP contribution < -0.4 is 5.73 Å². The van der Waals surface area contributed by atoms with Gasteiger partial charge in [-0.1, -0.05) is 12.1 Å². The van der Waals surface area contributed by atoms with Gasteiger partial charge in [0.1, 0.15) is 0 Å². The number of nitrogens with two attached hydrogens (primary N) is 1. The van der Waals surface area contributed by atoms with E-state index in [2.05, 4.69) is 22.4 Å². The Hall–Kier alpha value is -1.91. The maximum atomic E-state index is 5.92. The first kappa shape index (κ1) is 10.3. The van der Waals surface area contributed by atoms with E-state index in [-0.39, 0.29) is 5.54 Å². The zero-order valence-corrected chi connectivity index (χ0v) is 10.0. The second kappa shape index (κ2) is 3.29. The largest absolute Gasteiger partial charge is 0.398 e. The van der Waals surface area contributed by atoms with Crippen LogP contribution in [0.15, 0.2) is 18.2 Å². The predicted octanol–water partition coefficient (Wildman–Crippen LogP) is 1.74. The first-order valence-electron chi connectivity index (χ1n) is 5.76. The molecule has 5 heteroatoms. The fraction of sp³-hybridized carbons (Fsp3) is 0.417. The molecular formula is C12H15N5. The third-order valence-electron chi connectivity index (χ3n) is 3.57. The highest BCUT2D eigenvalue weighted by molar-refractivity contribution is 5.67. The summed E-state index contributed by atoms with van der Waals surface area (Å²) in [6, 6.07) is 5.84. The Balaban J connectivity index is 2.16. The summed E-state index contributed by atoms with van der Waals surface area (Å²) < 4.78 is 1.93. The van der Waals surface area contributed by atoms with Crippen LogP contribution in [0.5, 0.6) is 0 Å². The summed E-state index contributed by atoms with van der Waals surface area (Å²) in [5.74, 6) is 0.815. The number of anilines is 1. The lowest BCUT2D eigenvalue weighted by Gasteiger charge is -2.13. The number of rotatable bonds is 2. The van der Waals surface area contributed by atoms with Gasteiger partial charge >= 0.3 is 0 Å². The Kier molecular flexibility index (Phi) is 1.98. The van der Waals surface area contributed by atoms with Gasteiger partial charge in [-0.05, 0) is 48.7 Å². The molecule has 0 aliphatic heterocycles. The third-order valence-corrected chi connectivity index (χ3v) is 3.57. The highest BCUT2D eigenvalue weighted by atomic mass is 15.6. The number of hydrogen-bond acceptors (Lipinski definition) is 4. The van der Waals surface area contributed by atoms with Crippen molar-refractivity contribution in [1.82, 2.24) is 20.2 Å². The fourth-order valence-electron chi connectivity index (χ4n) is 2.01. The number of nitrogen functional groups attached to an aromatic ring is 1. The van der Waals surface area contributed by atoms with Crippen LogP contribution in [-0.2, 0) is 5.54 Å². The summed E-state index contributed by atoms with van der Waals surface area (Å²) in [6.45, 7) is 4.17. The molecule has 17 heavy (non-hydrogen) atoms. The van der Waals surface area contributed by atoms with Crippen LogP contribution in [0.4, 0.5) is 5.69 Å². The zero-order valence-electron chi connectivity index (χ0n) is 10.0. The average Bonchev–Trinajstić information content (AvgIpc) is 2.88. The standard InChI is InChI=1S/C12H15N5/c1-8-9(4-3-5-10(8)13)11-14-15-16-17(11)12(2)6-7-12/h3-5H,6-7,13H2,1-2H3. The minimum Gasteiger partial charge on any atom is -0.398 e. The molecule has 1 aromatic carbocycles. The Morgan fingerprint density at radius 3 is 2.82 bits per heavy atom. The molecule has 1 fully saturated rings. The van der Waals surface area contributed by atoms with E-state index in [9.17, 15) is 0 Å². The van der Waals surface area contributed by atoms with Gasteiger partial charge in [-0.15, -0.1) is 5.10 Å². The van der Waals surface area contributed by atoms with E-state index in [1.54, 1.807) is 0 Å². The highest BCUT2D eigenvalue weighted by Crippen LogP contribution is 2.44. The molecule has 1 aliphatic rings. The van der Waals surface area contributed by atoms with Crippen molar-refractivity contribution in [3.8, 4) is 11.4 Å². The lowest BCUT2D eigenvalue weighted by molar-refractivity contribution is 0.463. The zero-order chi connectivity index (χ0) is 12.0. The lowest BCUT2D eigenvalue weighted by atomic mass is 10.1.